The van der Waals surface area contributed by atoms with Crippen LogP contribution < -0.4 is 5.32 Å². The van der Waals surface area contributed by atoms with Gasteiger partial charge in [-0.2, -0.15) is 0 Å². The van der Waals surface area contributed by atoms with Crippen LogP contribution in [0.4, 0.5) is 9.52 Å². The van der Waals surface area contributed by atoms with Crippen LogP contribution in [-0.4, -0.2) is 20.7 Å². The zero-order valence-corrected chi connectivity index (χ0v) is 20.0. The van der Waals surface area contributed by atoms with Crippen molar-refractivity contribution in [2.75, 3.05) is 5.32 Å². The van der Waals surface area contributed by atoms with Gasteiger partial charge in [0.2, 0.25) is 5.13 Å². The molecule has 0 saturated heterocycles. The number of hydrogen-bond donors (Lipinski definition) is 1. The van der Waals surface area contributed by atoms with E-state index in [1.54, 1.807) is 24.3 Å². The third-order valence-corrected chi connectivity index (χ3v) is 7.20. The number of aryl methyl sites for hydroxylation is 1. The molecule has 0 aliphatic heterocycles. The number of nitrogens with zero attached hydrogens (tertiary/aromatic N) is 3. The molecule has 0 unspecified atom stereocenters. The molecule has 0 radical (unpaired) electrons. The molecule has 0 fully saturated rings. The first-order chi connectivity index (χ1) is 16.6. The first-order valence-electron chi connectivity index (χ1n) is 10.6. The minimum atomic E-state index is -0.377. The molecule has 5 rings (SSSR count). The van der Waals surface area contributed by atoms with Crippen molar-refractivity contribution < 1.29 is 13.6 Å². The fraction of sp³-hybridized carbons (Fsp3) is 0.160. The van der Waals surface area contributed by atoms with E-state index in [4.69, 9.17) is 4.42 Å². The Kier molecular flexibility index (Phi) is 6.46. The minimum absolute atomic E-state index is 0.201. The second-order valence-electron chi connectivity index (χ2n) is 7.76. The van der Waals surface area contributed by atoms with Crippen LogP contribution in [0.1, 0.15) is 32.4 Å². The molecule has 3 aromatic heterocycles. The molecule has 0 saturated carbocycles. The third kappa shape index (κ3) is 4.90. The Hall–Kier alpha value is -3.43. The number of halogens is 1. The summed E-state index contributed by atoms with van der Waals surface area (Å²) in [7, 11) is 2.02. The van der Waals surface area contributed by atoms with Gasteiger partial charge in [0.1, 0.15) is 16.6 Å². The Morgan fingerprint density at radius 3 is 2.76 bits per heavy atom. The molecule has 3 heterocycles. The summed E-state index contributed by atoms with van der Waals surface area (Å²) in [6.07, 6.45) is 2.73. The number of aromatic nitrogens is 3. The largest absolute Gasteiger partial charge is 0.455 e. The highest BCUT2D eigenvalue weighted by atomic mass is 32.2. The van der Waals surface area contributed by atoms with Gasteiger partial charge in [-0.1, -0.05) is 47.7 Å². The van der Waals surface area contributed by atoms with Gasteiger partial charge in [0.05, 0.1) is 5.75 Å². The SMILES string of the molecule is Cn1cc(Cc2nnc(NC(=O)c3ccc(CSCc4ccccc4F)o3)s2)c2ccccc21. The van der Waals surface area contributed by atoms with E-state index < -0.39 is 0 Å². The van der Waals surface area contributed by atoms with E-state index in [2.05, 4.69) is 38.4 Å². The maximum absolute atomic E-state index is 13.7. The van der Waals surface area contributed by atoms with E-state index in [9.17, 15) is 9.18 Å². The lowest BCUT2D eigenvalue weighted by molar-refractivity contribution is 0.0995. The molecule has 2 aromatic carbocycles. The van der Waals surface area contributed by atoms with E-state index in [0.717, 1.165) is 16.1 Å². The number of nitrogens with one attached hydrogen (secondary N) is 1. The number of anilines is 1. The zero-order valence-electron chi connectivity index (χ0n) is 18.3. The smallest absolute Gasteiger partial charge is 0.293 e. The number of furan rings is 1. The first-order valence-corrected chi connectivity index (χ1v) is 12.6. The van der Waals surface area contributed by atoms with E-state index in [1.165, 1.54) is 34.6 Å². The van der Waals surface area contributed by atoms with Crippen molar-refractivity contribution in [2.24, 2.45) is 7.05 Å². The van der Waals surface area contributed by atoms with Gasteiger partial charge in [-0.3, -0.25) is 10.1 Å². The summed E-state index contributed by atoms with van der Waals surface area (Å²) in [5, 5.41) is 13.5. The minimum Gasteiger partial charge on any atom is -0.455 e. The normalized spacial score (nSPS) is 11.2. The second-order valence-corrected chi connectivity index (χ2v) is 9.81. The van der Waals surface area contributed by atoms with E-state index in [1.807, 2.05) is 25.2 Å². The predicted octanol–water partition coefficient (Wildman–Crippen LogP) is 6.04. The van der Waals surface area contributed by atoms with Crippen molar-refractivity contribution in [1.29, 1.82) is 0 Å². The number of hydrogen-bond acceptors (Lipinski definition) is 6. The Labute approximate surface area is 203 Å². The molecule has 0 atom stereocenters. The number of carbonyl (C=O) groups is 1. The molecule has 6 nitrogen and oxygen atoms in total. The molecule has 0 aliphatic rings. The number of rotatable bonds is 8. The van der Waals surface area contributed by atoms with Crippen molar-refractivity contribution >= 4 is 45.0 Å². The van der Waals surface area contributed by atoms with E-state index in [-0.39, 0.29) is 17.5 Å². The number of para-hydroxylation sites is 1. The van der Waals surface area contributed by atoms with Gasteiger partial charge >= 0.3 is 0 Å². The number of fused-ring (bicyclic) bond motifs is 1. The number of carbonyl (C=O) groups excluding carboxylic acids is 1. The van der Waals surface area contributed by atoms with Crippen LogP contribution in [0.3, 0.4) is 0 Å². The quantitative estimate of drug-likeness (QED) is 0.286. The van der Waals surface area contributed by atoms with Gasteiger partial charge in [-0.15, -0.1) is 22.0 Å². The molecule has 5 aromatic rings. The predicted molar refractivity (Wildman–Crippen MR) is 134 cm³/mol. The number of benzene rings is 2. The van der Waals surface area contributed by atoms with Crippen molar-refractivity contribution in [2.45, 2.75) is 17.9 Å². The maximum atomic E-state index is 13.7. The van der Waals surface area contributed by atoms with Crippen LogP contribution in [0.2, 0.25) is 0 Å². The van der Waals surface area contributed by atoms with Crippen molar-refractivity contribution in [3.8, 4) is 0 Å². The van der Waals surface area contributed by atoms with Crippen molar-refractivity contribution in [3.63, 3.8) is 0 Å². The summed E-state index contributed by atoms with van der Waals surface area (Å²) in [5.41, 5.74) is 2.97. The van der Waals surface area contributed by atoms with Crippen LogP contribution in [0, 0.1) is 5.82 Å². The lowest BCUT2D eigenvalue weighted by atomic mass is 10.1. The summed E-state index contributed by atoms with van der Waals surface area (Å²) in [5.74, 6) is 1.33. The van der Waals surface area contributed by atoms with Gasteiger partial charge in [0.15, 0.2) is 5.76 Å². The van der Waals surface area contributed by atoms with Crippen LogP contribution in [0.25, 0.3) is 10.9 Å². The molecule has 9 heteroatoms. The van der Waals surface area contributed by atoms with Crippen LogP contribution in [0.15, 0.2) is 71.3 Å². The first kappa shape index (κ1) is 22.4. The highest BCUT2D eigenvalue weighted by molar-refractivity contribution is 7.97. The highest BCUT2D eigenvalue weighted by Crippen LogP contribution is 2.26. The Morgan fingerprint density at radius 1 is 1.06 bits per heavy atom. The summed E-state index contributed by atoms with van der Waals surface area (Å²) in [6.45, 7) is 0. The van der Waals surface area contributed by atoms with E-state index in [0.29, 0.717) is 34.4 Å². The summed E-state index contributed by atoms with van der Waals surface area (Å²) >= 11 is 2.87. The molecular formula is C25H21FN4O2S2. The van der Waals surface area contributed by atoms with Gasteiger partial charge < -0.3 is 8.98 Å². The van der Waals surface area contributed by atoms with Crippen LogP contribution in [-0.2, 0) is 25.0 Å². The van der Waals surface area contributed by atoms with Gasteiger partial charge in [-0.05, 0) is 35.4 Å². The highest BCUT2D eigenvalue weighted by Gasteiger charge is 2.16. The Bertz CT molecular complexity index is 1460. The summed E-state index contributed by atoms with van der Waals surface area (Å²) < 4.78 is 21.5. The molecule has 172 valence electrons. The monoisotopic (exact) mass is 492 g/mol. The maximum Gasteiger partial charge on any atom is 0.293 e. The Morgan fingerprint density at radius 2 is 1.88 bits per heavy atom. The summed E-state index contributed by atoms with van der Waals surface area (Å²) in [6, 6.07) is 18.3. The second kappa shape index (κ2) is 9.82. The van der Waals surface area contributed by atoms with Crippen LogP contribution >= 0.6 is 23.1 Å². The van der Waals surface area contributed by atoms with Gasteiger partial charge in [0.25, 0.3) is 5.91 Å². The lowest BCUT2D eigenvalue weighted by Crippen LogP contribution is -2.10. The number of thioether (sulfide) groups is 1. The topological polar surface area (TPSA) is 73.0 Å². The average Bonchev–Trinajstić information content (AvgIpc) is 3.56. The fourth-order valence-electron chi connectivity index (χ4n) is 3.72. The van der Waals surface area contributed by atoms with Gasteiger partial charge in [-0.25, -0.2) is 4.39 Å². The molecule has 0 aliphatic carbocycles. The molecule has 1 amide bonds. The third-order valence-electron chi connectivity index (χ3n) is 5.35. The van der Waals surface area contributed by atoms with Gasteiger partial charge in [0, 0.05) is 36.3 Å². The number of amides is 1. The fourth-order valence-corrected chi connectivity index (χ4v) is 5.39. The Balaban J connectivity index is 1.18. The lowest BCUT2D eigenvalue weighted by Gasteiger charge is -2.02. The molecule has 0 spiro atoms. The standard InChI is InChI=1S/C25H21FN4O2S2/c1-30-13-17(19-7-3-5-9-21(19)30)12-23-28-29-25(34-23)27-24(31)22-11-10-18(32-22)15-33-14-16-6-2-4-8-20(16)26/h2-11,13H,12,14-15H2,1H3,(H,27,29,31). The summed E-state index contributed by atoms with van der Waals surface area (Å²) in [4.78, 5) is 12.6. The molecule has 34 heavy (non-hydrogen) atoms. The molecule has 0 bridgehead atoms. The van der Waals surface area contributed by atoms with Crippen LogP contribution in [0.5, 0.6) is 0 Å². The van der Waals surface area contributed by atoms with E-state index >= 15 is 0 Å². The van der Waals surface area contributed by atoms with Crippen molar-refractivity contribution in [1.82, 2.24) is 14.8 Å². The zero-order chi connectivity index (χ0) is 23.5. The van der Waals surface area contributed by atoms with Crippen molar-refractivity contribution in [3.05, 3.63) is 100 Å². The average molecular weight is 493 g/mol. The molecular weight excluding hydrogens is 471 g/mol. The molecule has 1 N–H and O–H groups in total.